The lowest BCUT2D eigenvalue weighted by molar-refractivity contribution is -0.177. The fraction of sp³-hybridized carbons (Fsp3) is 0.895. The number of aliphatic hydroxyl groups is 1. The van der Waals surface area contributed by atoms with Crippen LogP contribution in [0.2, 0.25) is 0 Å². The van der Waals surface area contributed by atoms with Crippen LogP contribution < -0.4 is 0 Å². The van der Waals surface area contributed by atoms with E-state index in [1.807, 2.05) is 6.92 Å². The summed E-state index contributed by atoms with van der Waals surface area (Å²) in [5, 5.41) is 10.3. The molecule has 282 valence electrons. The Bertz CT molecular complexity index is 1190. The van der Waals surface area contributed by atoms with Gasteiger partial charge in [0.05, 0.1) is 64.4 Å². The molecule has 3 saturated heterocycles. The van der Waals surface area contributed by atoms with Crippen LogP contribution in [-0.4, -0.2) is 96.1 Å². The van der Waals surface area contributed by atoms with Gasteiger partial charge in [-0.1, -0.05) is 6.92 Å². The van der Waals surface area contributed by atoms with Crippen molar-refractivity contribution in [3.05, 3.63) is 0 Å². The molecular weight excluding hydrogens is 648 g/mol. The van der Waals surface area contributed by atoms with Crippen LogP contribution in [0.15, 0.2) is 0 Å². The van der Waals surface area contributed by atoms with Gasteiger partial charge in [0.1, 0.15) is 31.8 Å². The molecule has 0 aromatic rings. The molecule has 6 rings (SSSR count). The monoisotopic (exact) mass is 706 g/mol. The summed E-state index contributed by atoms with van der Waals surface area (Å²) in [7, 11) is 0. The van der Waals surface area contributed by atoms with E-state index in [1.54, 1.807) is 13.8 Å². The Hall–Kier alpha value is -2.28. The van der Waals surface area contributed by atoms with Crippen molar-refractivity contribution in [1.82, 2.24) is 0 Å². The van der Waals surface area contributed by atoms with Gasteiger partial charge in [-0.3, -0.25) is 19.2 Å². The summed E-state index contributed by atoms with van der Waals surface area (Å²) in [6.07, 6.45) is 7.25. The second-order valence-electron chi connectivity index (χ2n) is 17.6. The van der Waals surface area contributed by atoms with E-state index >= 15 is 0 Å². The molecule has 50 heavy (non-hydrogen) atoms. The van der Waals surface area contributed by atoms with Crippen LogP contribution in [0.1, 0.15) is 119 Å². The number of carbonyl (C=O) groups is 4. The first kappa shape index (κ1) is 37.5. The van der Waals surface area contributed by atoms with Crippen LogP contribution in [0.4, 0.5) is 0 Å². The van der Waals surface area contributed by atoms with Gasteiger partial charge in [-0.25, -0.2) is 0 Å². The van der Waals surface area contributed by atoms with Gasteiger partial charge < -0.3 is 38.3 Å². The number of fused-ring (bicyclic) bond motifs is 3. The summed E-state index contributed by atoms with van der Waals surface area (Å²) in [6, 6.07) is 0. The molecule has 3 aliphatic heterocycles. The summed E-state index contributed by atoms with van der Waals surface area (Å²) in [6.45, 7) is 10.3. The van der Waals surface area contributed by atoms with Gasteiger partial charge in [0.2, 0.25) is 0 Å². The predicted octanol–water partition coefficient (Wildman–Crippen LogP) is 4.60. The van der Waals surface area contributed by atoms with Gasteiger partial charge in [0.15, 0.2) is 0 Å². The van der Waals surface area contributed by atoms with Crippen LogP contribution in [0.5, 0.6) is 0 Å². The zero-order valence-electron chi connectivity index (χ0n) is 30.8. The number of esters is 4. The molecular formula is C38H58O12. The normalized spacial score (nSPS) is 38.5. The molecule has 6 fully saturated rings. The number of rotatable bonds is 16. The van der Waals surface area contributed by atoms with E-state index in [-0.39, 0.29) is 79.3 Å². The highest BCUT2D eigenvalue weighted by atomic mass is 16.6. The minimum Gasteiger partial charge on any atom is -0.464 e. The van der Waals surface area contributed by atoms with E-state index in [4.69, 9.17) is 33.2 Å². The molecule has 0 amide bonds. The third-order valence-corrected chi connectivity index (χ3v) is 12.6. The maximum Gasteiger partial charge on any atom is 0.309 e. The number of hydrogen-bond acceptors (Lipinski definition) is 12. The Balaban J connectivity index is 1.16. The van der Waals surface area contributed by atoms with Crippen molar-refractivity contribution in [1.29, 1.82) is 0 Å². The fourth-order valence-electron chi connectivity index (χ4n) is 8.21. The molecule has 0 bridgehead atoms. The molecule has 1 N–H and O–H groups in total. The van der Waals surface area contributed by atoms with Crippen molar-refractivity contribution in [2.24, 2.45) is 29.1 Å². The number of ether oxygens (including phenoxy) is 7. The minimum absolute atomic E-state index is 0.0249. The molecule has 10 unspecified atom stereocenters. The summed E-state index contributed by atoms with van der Waals surface area (Å²) in [5.74, 6) is -3.20. The average Bonchev–Trinajstić information content (AvgIpc) is 4.01. The second kappa shape index (κ2) is 13.9. The first-order chi connectivity index (χ1) is 23.5. The lowest BCUT2D eigenvalue weighted by atomic mass is 9.82. The van der Waals surface area contributed by atoms with Gasteiger partial charge in [-0.05, 0) is 112 Å². The largest absolute Gasteiger partial charge is 0.464 e. The van der Waals surface area contributed by atoms with Crippen LogP contribution in [0.3, 0.4) is 0 Å². The molecule has 3 saturated carbocycles. The van der Waals surface area contributed by atoms with Gasteiger partial charge in [0.25, 0.3) is 0 Å². The highest BCUT2D eigenvalue weighted by molar-refractivity contribution is 5.75. The maximum atomic E-state index is 13.4. The SMILES string of the molecule is CCC(CCC(C)(C)O)C(=O)OCC(COC(=O)C1CCC2(C)OC2C1)(COC(=O)C1CCC2(C)OC2C1)COC(=O)C1CCC2(C)OC2C1. The summed E-state index contributed by atoms with van der Waals surface area (Å²) in [4.78, 5) is 53.8. The highest BCUT2D eigenvalue weighted by Gasteiger charge is 2.58. The predicted molar refractivity (Wildman–Crippen MR) is 177 cm³/mol. The molecule has 0 aromatic heterocycles. The Morgan fingerprint density at radius 1 is 0.680 bits per heavy atom. The highest BCUT2D eigenvalue weighted by Crippen LogP contribution is 2.51. The number of epoxide rings is 3. The molecule has 3 aliphatic carbocycles. The van der Waals surface area contributed by atoms with Crippen LogP contribution >= 0.6 is 0 Å². The lowest BCUT2D eigenvalue weighted by Crippen LogP contribution is -2.46. The van der Waals surface area contributed by atoms with E-state index in [0.717, 1.165) is 19.3 Å². The van der Waals surface area contributed by atoms with Gasteiger partial charge in [0, 0.05) is 0 Å². The molecule has 0 radical (unpaired) electrons. The zero-order valence-corrected chi connectivity index (χ0v) is 30.8. The van der Waals surface area contributed by atoms with Crippen molar-refractivity contribution in [2.75, 3.05) is 26.4 Å². The second-order valence-corrected chi connectivity index (χ2v) is 17.6. The molecule has 12 nitrogen and oxygen atoms in total. The molecule has 12 heteroatoms. The number of carbonyl (C=O) groups excluding carboxylic acids is 4. The first-order valence-electron chi connectivity index (χ1n) is 18.9. The standard InChI is InChI=1S/C38H58O12/c1-7-23(8-12-34(2,3)43)30(39)44-19-38(20-45-31(40)24-9-13-35(4)27(16-24)48-35,21-46-32(41)25-10-14-36(5)28(17-25)49-36)22-47-33(42)26-11-15-37(6)29(18-26)50-37/h23-29,43H,7-22H2,1-6H3. The van der Waals surface area contributed by atoms with Crippen molar-refractivity contribution in [2.45, 2.75) is 159 Å². The average molecular weight is 707 g/mol. The Labute approximate surface area is 295 Å². The van der Waals surface area contributed by atoms with Crippen molar-refractivity contribution in [3.63, 3.8) is 0 Å². The van der Waals surface area contributed by atoms with E-state index in [2.05, 4.69) is 20.8 Å². The maximum absolute atomic E-state index is 13.4. The number of hydrogen-bond donors (Lipinski definition) is 1. The first-order valence-corrected chi connectivity index (χ1v) is 18.9. The van der Waals surface area contributed by atoms with Gasteiger partial charge in [-0.15, -0.1) is 0 Å². The Kier molecular flexibility index (Phi) is 10.4. The van der Waals surface area contributed by atoms with E-state index in [1.165, 1.54) is 0 Å². The summed E-state index contributed by atoms with van der Waals surface area (Å²) < 4.78 is 41.1. The summed E-state index contributed by atoms with van der Waals surface area (Å²) >= 11 is 0. The third-order valence-electron chi connectivity index (χ3n) is 12.6. The van der Waals surface area contributed by atoms with Gasteiger partial charge in [-0.2, -0.15) is 0 Å². The topological polar surface area (TPSA) is 163 Å². The van der Waals surface area contributed by atoms with Crippen LogP contribution in [-0.2, 0) is 52.3 Å². The van der Waals surface area contributed by atoms with Gasteiger partial charge >= 0.3 is 23.9 Å². The van der Waals surface area contributed by atoms with E-state index in [0.29, 0.717) is 57.8 Å². The van der Waals surface area contributed by atoms with Crippen molar-refractivity contribution >= 4 is 23.9 Å². The lowest BCUT2D eigenvalue weighted by Gasteiger charge is -2.34. The van der Waals surface area contributed by atoms with Crippen molar-refractivity contribution in [3.8, 4) is 0 Å². The molecule has 6 aliphatic rings. The molecule has 0 spiro atoms. The fourth-order valence-corrected chi connectivity index (χ4v) is 8.21. The van der Waals surface area contributed by atoms with Crippen molar-refractivity contribution < 1.29 is 57.4 Å². The third kappa shape index (κ3) is 8.67. The van der Waals surface area contributed by atoms with E-state index < -0.39 is 40.8 Å². The van der Waals surface area contributed by atoms with Crippen LogP contribution in [0.25, 0.3) is 0 Å². The minimum atomic E-state index is -1.34. The molecule has 10 atom stereocenters. The molecule has 0 aromatic carbocycles. The quantitative estimate of drug-likeness (QED) is 0.135. The zero-order chi connectivity index (χ0) is 36.1. The Morgan fingerprint density at radius 2 is 1.04 bits per heavy atom. The molecule has 3 heterocycles. The smallest absolute Gasteiger partial charge is 0.309 e. The van der Waals surface area contributed by atoms with Crippen LogP contribution in [0, 0.1) is 29.1 Å². The summed E-state index contributed by atoms with van der Waals surface area (Å²) in [5.41, 5.74) is -2.78. The Morgan fingerprint density at radius 3 is 1.36 bits per heavy atom. The van der Waals surface area contributed by atoms with E-state index in [9.17, 15) is 24.3 Å².